The van der Waals surface area contributed by atoms with Crippen LogP contribution >= 0.6 is 0 Å². The van der Waals surface area contributed by atoms with Crippen LogP contribution in [0.4, 0.5) is 0 Å². The highest BCUT2D eigenvalue weighted by Gasteiger charge is 1.84. The molecule has 0 atom stereocenters. The first-order chi connectivity index (χ1) is 5.41. The highest BCUT2D eigenvalue weighted by atomic mass is 32.3. The second-order valence-electron chi connectivity index (χ2n) is 1.71. The first-order valence-electron chi connectivity index (χ1n) is 3.13. The van der Waals surface area contributed by atoms with Crippen molar-refractivity contribution in [3.05, 3.63) is 0 Å². The Morgan fingerprint density at radius 3 is 1.92 bits per heavy atom. The molecule has 0 aliphatic heterocycles. The molecule has 0 amide bonds. The molecule has 0 bridgehead atoms. The van der Waals surface area contributed by atoms with Crippen molar-refractivity contribution < 1.29 is 22.6 Å². The smallest absolute Gasteiger partial charge is 0.394 e. The van der Waals surface area contributed by atoms with Crippen molar-refractivity contribution >= 4 is 10.4 Å². The predicted octanol–water partition coefficient (Wildman–Crippen LogP) is -2.13. The maximum Gasteiger partial charge on any atom is 0.394 e. The van der Waals surface area contributed by atoms with Crippen molar-refractivity contribution in [2.45, 2.75) is 0 Å². The molecule has 8 heteroatoms. The van der Waals surface area contributed by atoms with Gasteiger partial charge in [-0.05, 0) is 0 Å². The molecular formula is C4H14N2O5S. The average Bonchev–Trinajstić information content (AvgIpc) is 1.85. The van der Waals surface area contributed by atoms with Gasteiger partial charge in [-0.3, -0.25) is 9.11 Å². The summed E-state index contributed by atoms with van der Waals surface area (Å²) in [6.45, 7) is 2.28. The standard InChI is InChI=1S/C4H12N2O.H2O4S/c5-1-2-6-3-4-7;1-5(2,3)4/h6-7H,1-5H2;(H2,1,2,3,4). The van der Waals surface area contributed by atoms with E-state index in [0.717, 1.165) is 6.54 Å². The summed E-state index contributed by atoms with van der Waals surface area (Å²) < 4.78 is 31.6. The Labute approximate surface area is 71.2 Å². The van der Waals surface area contributed by atoms with Crippen LogP contribution in [0.15, 0.2) is 0 Å². The lowest BCUT2D eigenvalue weighted by molar-refractivity contribution is 0.293. The largest absolute Gasteiger partial charge is 0.395 e. The summed E-state index contributed by atoms with van der Waals surface area (Å²) in [6, 6.07) is 0. The van der Waals surface area contributed by atoms with Gasteiger partial charge in [0.15, 0.2) is 0 Å². The van der Waals surface area contributed by atoms with Crippen molar-refractivity contribution in [3.8, 4) is 0 Å². The normalized spacial score (nSPS) is 10.3. The summed E-state index contributed by atoms with van der Waals surface area (Å²) in [5.74, 6) is 0. The van der Waals surface area contributed by atoms with Gasteiger partial charge in [0.05, 0.1) is 6.61 Å². The maximum atomic E-state index is 8.74. The molecule has 0 aromatic heterocycles. The van der Waals surface area contributed by atoms with Gasteiger partial charge >= 0.3 is 10.4 Å². The van der Waals surface area contributed by atoms with Gasteiger partial charge in [-0.2, -0.15) is 8.42 Å². The molecule has 6 N–H and O–H groups in total. The molecule has 0 saturated carbocycles. The van der Waals surface area contributed by atoms with E-state index in [4.69, 9.17) is 28.4 Å². The van der Waals surface area contributed by atoms with E-state index < -0.39 is 10.4 Å². The van der Waals surface area contributed by atoms with Gasteiger partial charge in [0.2, 0.25) is 0 Å². The monoisotopic (exact) mass is 202 g/mol. The van der Waals surface area contributed by atoms with Crippen LogP contribution in [-0.4, -0.2) is 48.9 Å². The van der Waals surface area contributed by atoms with E-state index in [1.807, 2.05) is 0 Å². The highest BCUT2D eigenvalue weighted by molar-refractivity contribution is 7.79. The summed E-state index contributed by atoms with van der Waals surface area (Å²) in [4.78, 5) is 0. The minimum atomic E-state index is -4.67. The summed E-state index contributed by atoms with van der Waals surface area (Å²) in [6.07, 6.45) is 0. The molecule has 0 aromatic carbocycles. The molecule has 0 saturated heterocycles. The van der Waals surface area contributed by atoms with Crippen molar-refractivity contribution in [2.75, 3.05) is 26.2 Å². The van der Waals surface area contributed by atoms with Gasteiger partial charge in [-0.15, -0.1) is 0 Å². The van der Waals surface area contributed by atoms with Crippen LogP contribution < -0.4 is 11.1 Å². The summed E-state index contributed by atoms with van der Waals surface area (Å²) >= 11 is 0. The predicted molar refractivity (Wildman–Crippen MR) is 43.2 cm³/mol. The Morgan fingerprint density at radius 2 is 1.67 bits per heavy atom. The molecule has 0 fully saturated rings. The number of hydrogen-bond acceptors (Lipinski definition) is 5. The molecule has 0 heterocycles. The summed E-state index contributed by atoms with van der Waals surface area (Å²) in [5, 5.41) is 11.1. The van der Waals surface area contributed by atoms with E-state index in [2.05, 4.69) is 5.32 Å². The van der Waals surface area contributed by atoms with E-state index in [1.54, 1.807) is 0 Å². The quantitative estimate of drug-likeness (QED) is 0.260. The van der Waals surface area contributed by atoms with Crippen molar-refractivity contribution in [3.63, 3.8) is 0 Å². The molecule has 0 radical (unpaired) electrons. The van der Waals surface area contributed by atoms with Gasteiger partial charge in [0.1, 0.15) is 0 Å². The summed E-state index contributed by atoms with van der Waals surface area (Å²) in [5.41, 5.74) is 5.13. The van der Waals surface area contributed by atoms with Crippen molar-refractivity contribution in [2.24, 2.45) is 5.73 Å². The van der Waals surface area contributed by atoms with Gasteiger partial charge in [0, 0.05) is 19.6 Å². The summed E-state index contributed by atoms with van der Waals surface area (Å²) in [7, 11) is -4.67. The minimum Gasteiger partial charge on any atom is -0.395 e. The molecule has 0 aliphatic carbocycles. The van der Waals surface area contributed by atoms with Crippen LogP contribution in [0.2, 0.25) is 0 Å². The Kier molecular flexibility index (Phi) is 10.5. The third-order valence-electron chi connectivity index (χ3n) is 0.610. The van der Waals surface area contributed by atoms with Crippen LogP contribution in [0.1, 0.15) is 0 Å². The molecule has 76 valence electrons. The Hall–Kier alpha value is -0.250. The third kappa shape index (κ3) is 53.1. The number of aliphatic hydroxyl groups excluding tert-OH is 1. The Bertz CT molecular complexity index is 156. The van der Waals surface area contributed by atoms with Crippen LogP contribution in [0.5, 0.6) is 0 Å². The lowest BCUT2D eigenvalue weighted by Crippen LogP contribution is -2.24. The zero-order valence-electron chi connectivity index (χ0n) is 6.47. The SMILES string of the molecule is NCCNCCO.O=S(=O)(O)O. The van der Waals surface area contributed by atoms with E-state index >= 15 is 0 Å². The number of hydrogen-bond donors (Lipinski definition) is 5. The van der Waals surface area contributed by atoms with E-state index in [-0.39, 0.29) is 6.61 Å². The van der Waals surface area contributed by atoms with Gasteiger partial charge in [-0.25, -0.2) is 0 Å². The molecular weight excluding hydrogens is 188 g/mol. The maximum absolute atomic E-state index is 8.74. The lowest BCUT2D eigenvalue weighted by Gasteiger charge is -1.95. The van der Waals surface area contributed by atoms with Crippen LogP contribution in [0.25, 0.3) is 0 Å². The molecule has 7 nitrogen and oxygen atoms in total. The highest BCUT2D eigenvalue weighted by Crippen LogP contribution is 1.59. The van der Waals surface area contributed by atoms with Gasteiger partial charge < -0.3 is 16.2 Å². The van der Waals surface area contributed by atoms with E-state index in [9.17, 15) is 0 Å². The van der Waals surface area contributed by atoms with Crippen LogP contribution in [-0.2, 0) is 10.4 Å². The van der Waals surface area contributed by atoms with Gasteiger partial charge in [0.25, 0.3) is 0 Å². The molecule has 12 heavy (non-hydrogen) atoms. The number of nitrogens with two attached hydrogens (primary N) is 1. The lowest BCUT2D eigenvalue weighted by atomic mass is 10.6. The molecule has 0 aliphatic rings. The molecule has 0 spiro atoms. The fourth-order valence-corrected chi connectivity index (χ4v) is 0.306. The van der Waals surface area contributed by atoms with E-state index in [0.29, 0.717) is 13.1 Å². The molecule has 0 unspecified atom stereocenters. The zero-order valence-corrected chi connectivity index (χ0v) is 7.29. The fraction of sp³-hybridized carbons (Fsp3) is 1.00. The number of rotatable bonds is 4. The zero-order chi connectivity index (χ0) is 10.0. The second kappa shape index (κ2) is 8.84. The average molecular weight is 202 g/mol. The fourth-order valence-electron chi connectivity index (χ4n) is 0.306. The first kappa shape index (κ1) is 14.3. The van der Waals surface area contributed by atoms with E-state index in [1.165, 1.54) is 0 Å². The van der Waals surface area contributed by atoms with Crippen LogP contribution in [0.3, 0.4) is 0 Å². The third-order valence-corrected chi connectivity index (χ3v) is 0.610. The Balaban J connectivity index is 0. The van der Waals surface area contributed by atoms with Crippen molar-refractivity contribution in [1.82, 2.24) is 5.32 Å². The topological polar surface area (TPSA) is 133 Å². The molecule has 0 aromatic rings. The Morgan fingerprint density at radius 1 is 1.25 bits per heavy atom. The molecule has 0 rings (SSSR count). The number of nitrogens with one attached hydrogen (secondary N) is 1. The number of aliphatic hydroxyl groups is 1. The van der Waals surface area contributed by atoms with Gasteiger partial charge in [-0.1, -0.05) is 0 Å². The second-order valence-corrected chi connectivity index (χ2v) is 2.61. The minimum absolute atomic E-state index is 0.194. The van der Waals surface area contributed by atoms with Crippen molar-refractivity contribution in [1.29, 1.82) is 0 Å². The first-order valence-corrected chi connectivity index (χ1v) is 4.53. The van der Waals surface area contributed by atoms with Crippen LogP contribution in [0, 0.1) is 0 Å².